The zero-order valence-corrected chi connectivity index (χ0v) is 6.80. The molecule has 0 radical (unpaired) electrons. The number of hydrogen-bond acceptors (Lipinski definition) is 3. The minimum absolute atomic E-state index is 0.398. The molecule has 0 bridgehead atoms. The number of ether oxygens (including phenoxy) is 1. The average Bonchev–Trinajstić information content (AvgIpc) is 1.83. The molecule has 1 heterocycles. The second-order valence-corrected chi connectivity index (χ2v) is 2.60. The Morgan fingerprint density at radius 1 is 1.64 bits per heavy atom. The van der Waals surface area contributed by atoms with Crippen molar-refractivity contribution in [2.75, 3.05) is 13.7 Å². The Hall–Kier alpha value is -0.770. The molecular formula is C6H8ClNO3. The Balaban J connectivity index is 2.49. The van der Waals surface area contributed by atoms with E-state index in [4.69, 9.17) is 11.6 Å². The molecule has 1 atom stereocenters. The maximum atomic E-state index is 10.8. The lowest BCUT2D eigenvalue weighted by Gasteiger charge is -2.36. The van der Waals surface area contributed by atoms with Gasteiger partial charge < -0.3 is 9.64 Å². The maximum Gasteiger partial charge on any atom is 0.328 e. The summed E-state index contributed by atoms with van der Waals surface area (Å²) < 4.78 is 4.44. The second-order valence-electron chi connectivity index (χ2n) is 2.27. The minimum atomic E-state index is -0.591. The van der Waals surface area contributed by atoms with Crippen molar-refractivity contribution >= 4 is 22.9 Å². The zero-order valence-electron chi connectivity index (χ0n) is 6.04. The molecule has 0 aromatic carbocycles. The SMILES string of the molecule is COC(=O)C1CCN1C(=O)Cl. The van der Waals surface area contributed by atoms with Crippen molar-refractivity contribution in [1.29, 1.82) is 0 Å². The van der Waals surface area contributed by atoms with Crippen LogP contribution >= 0.6 is 11.6 Å². The molecule has 5 heteroatoms. The van der Waals surface area contributed by atoms with Crippen LogP contribution in [0.15, 0.2) is 0 Å². The number of esters is 1. The van der Waals surface area contributed by atoms with E-state index in [2.05, 4.69) is 4.74 Å². The van der Waals surface area contributed by atoms with Gasteiger partial charge in [-0.1, -0.05) is 0 Å². The van der Waals surface area contributed by atoms with Gasteiger partial charge in [-0.25, -0.2) is 4.79 Å². The third-order valence-electron chi connectivity index (χ3n) is 1.72. The summed E-state index contributed by atoms with van der Waals surface area (Å²) in [6.07, 6.45) is 0.644. The third kappa shape index (κ3) is 1.45. The smallest absolute Gasteiger partial charge is 0.328 e. The minimum Gasteiger partial charge on any atom is -0.467 e. The van der Waals surface area contributed by atoms with Crippen LogP contribution in [0.25, 0.3) is 0 Å². The predicted molar refractivity (Wildman–Crippen MR) is 38.4 cm³/mol. The molecule has 1 unspecified atom stereocenters. The van der Waals surface area contributed by atoms with Crippen molar-refractivity contribution in [3.8, 4) is 0 Å². The van der Waals surface area contributed by atoms with E-state index in [-0.39, 0.29) is 0 Å². The van der Waals surface area contributed by atoms with Gasteiger partial charge in [-0.05, 0) is 18.0 Å². The quantitative estimate of drug-likeness (QED) is 0.335. The van der Waals surface area contributed by atoms with Gasteiger partial charge in [-0.15, -0.1) is 0 Å². The highest BCUT2D eigenvalue weighted by molar-refractivity contribution is 6.63. The molecule has 1 aliphatic rings. The number of nitrogens with zero attached hydrogens (tertiary/aromatic N) is 1. The second kappa shape index (κ2) is 3.09. The van der Waals surface area contributed by atoms with Gasteiger partial charge in [0.05, 0.1) is 7.11 Å². The first-order chi connectivity index (χ1) is 5.16. The molecule has 1 rings (SSSR count). The summed E-state index contributed by atoms with van der Waals surface area (Å²) in [6, 6.07) is -0.454. The summed E-state index contributed by atoms with van der Waals surface area (Å²) in [5.74, 6) is -0.398. The molecule has 0 aliphatic carbocycles. The first kappa shape index (κ1) is 8.33. The highest BCUT2D eigenvalue weighted by Crippen LogP contribution is 2.19. The third-order valence-corrected chi connectivity index (χ3v) is 1.94. The number of methoxy groups -OCH3 is 1. The van der Waals surface area contributed by atoms with Crippen molar-refractivity contribution in [3.63, 3.8) is 0 Å². The van der Waals surface area contributed by atoms with Gasteiger partial charge in [-0.2, -0.15) is 0 Å². The van der Waals surface area contributed by atoms with E-state index in [0.29, 0.717) is 13.0 Å². The highest BCUT2D eigenvalue weighted by Gasteiger charge is 2.37. The lowest BCUT2D eigenvalue weighted by molar-refractivity contribution is -0.149. The van der Waals surface area contributed by atoms with E-state index in [1.807, 2.05) is 0 Å². The molecule has 0 aromatic heterocycles. The van der Waals surface area contributed by atoms with E-state index in [1.165, 1.54) is 12.0 Å². The van der Waals surface area contributed by atoms with Crippen LogP contribution in [0.4, 0.5) is 4.79 Å². The van der Waals surface area contributed by atoms with Gasteiger partial charge in [-0.3, -0.25) is 4.79 Å². The van der Waals surface area contributed by atoms with Crippen molar-refractivity contribution < 1.29 is 14.3 Å². The Morgan fingerprint density at radius 2 is 2.27 bits per heavy atom. The van der Waals surface area contributed by atoms with Gasteiger partial charge in [0.2, 0.25) is 0 Å². The number of rotatable bonds is 1. The number of halogens is 1. The van der Waals surface area contributed by atoms with Crippen LogP contribution in [0.2, 0.25) is 0 Å². The standard InChI is InChI=1S/C6H8ClNO3/c1-11-5(9)4-2-3-8(4)6(7)10/h4H,2-3H2,1H3. The maximum absolute atomic E-state index is 10.8. The topological polar surface area (TPSA) is 46.6 Å². The summed E-state index contributed by atoms with van der Waals surface area (Å²) in [7, 11) is 1.29. The van der Waals surface area contributed by atoms with Gasteiger partial charge in [0.1, 0.15) is 6.04 Å². The van der Waals surface area contributed by atoms with Crippen LogP contribution in [0.1, 0.15) is 6.42 Å². The molecule has 62 valence electrons. The summed E-state index contributed by atoms with van der Waals surface area (Å²) >= 11 is 5.15. The van der Waals surface area contributed by atoms with Crippen LogP contribution in [0.5, 0.6) is 0 Å². The van der Waals surface area contributed by atoms with E-state index in [1.54, 1.807) is 0 Å². The van der Waals surface area contributed by atoms with Crippen LogP contribution in [-0.2, 0) is 9.53 Å². The number of hydrogen-bond donors (Lipinski definition) is 0. The van der Waals surface area contributed by atoms with E-state index in [9.17, 15) is 9.59 Å². The molecule has 1 fully saturated rings. The molecule has 1 amide bonds. The average molecular weight is 178 g/mol. The van der Waals surface area contributed by atoms with E-state index < -0.39 is 17.4 Å². The van der Waals surface area contributed by atoms with Gasteiger partial charge in [0.15, 0.2) is 0 Å². The number of carbonyl (C=O) groups excluding carboxylic acids is 2. The van der Waals surface area contributed by atoms with Crippen LogP contribution in [0.3, 0.4) is 0 Å². The molecule has 4 nitrogen and oxygen atoms in total. The fourth-order valence-corrected chi connectivity index (χ4v) is 1.18. The van der Waals surface area contributed by atoms with Crippen molar-refractivity contribution in [2.24, 2.45) is 0 Å². The normalized spacial score (nSPS) is 22.4. The monoisotopic (exact) mass is 177 g/mol. The first-order valence-electron chi connectivity index (χ1n) is 3.20. The lowest BCUT2D eigenvalue weighted by Crippen LogP contribution is -2.53. The fourth-order valence-electron chi connectivity index (χ4n) is 0.979. The molecule has 11 heavy (non-hydrogen) atoms. The Kier molecular flexibility index (Phi) is 2.34. The van der Waals surface area contributed by atoms with Crippen LogP contribution < -0.4 is 0 Å². The van der Waals surface area contributed by atoms with Crippen molar-refractivity contribution in [2.45, 2.75) is 12.5 Å². The Morgan fingerprint density at radius 3 is 2.55 bits per heavy atom. The van der Waals surface area contributed by atoms with Crippen molar-refractivity contribution in [1.82, 2.24) is 4.90 Å². The number of likely N-dealkylation sites (tertiary alicyclic amines) is 1. The van der Waals surface area contributed by atoms with Crippen molar-refractivity contribution in [3.05, 3.63) is 0 Å². The summed E-state index contributed by atoms with van der Waals surface area (Å²) in [5, 5.41) is -0.591. The number of amides is 1. The summed E-state index contributed by atoms with van der Waals surface area (Å²) in [4.78, 5) is 22.6. The molecule has 1 saturated heterocycles. The predicted octanol–water partition coefficient (Wildman–Crippen LogP) is 0.593. The molecule has 1 aliphatic heterocycles. The molecular weight excluding hydrogens is 170 g/mol. The molecule has 0 spiro atoms. The van der Waals surface area contributed by atoms with Crippen LogP contribution in [0, 0.1) is 0 Å². The lowest BCUT2D eigenvalue weighted by atomic mass is 10.1. The Bertz CT molecular complexity index is 194. The molecule has 0 N–H and O–H groups in total. The molecule has 0 saturated carbocycles. The van der Waals surface area contributed by atoms with Gasteiger partial charge >= 0.3 is 11.3 Å². The Labute approximate surface area is 69.1 Å². The summed E-state index contributed by atoms with van der Waals surface area (Å²) in [5.41, 5.74) is 0. The molecule has 0 aromatic rings. The number of carbonyl (C=O) groups is 2. The van der Waals surface area contributed by atoms with Gasteiger partial charge in [0, 0.05) is 6.54 Å². The van der Waals surface area contributed by atoms with Crippen LogP contribution in [-0.4, -0.2) is 35.9 Å². The zero-order chi connectivity index (χ0) is 8.43. The van der Waals surface area contributed by atoms with E-state index >= 15 is 0 Å². The summed E-state index contributed by atoms with van der Waals surface area (Å²) in [6.45, 7) is 0.544. The van der Waals surface area contributed by atoms with Gasteiger partial charge in [0.25, 0.3) is 0 Å². The first-order valence-corrected chi connectivity index (χ1v) is 3.58. The largest absolute Gasteiger partial charge is 0.467 e. The van der Waals surface area contributed by atoms with E-state index in [0.717, 1.165) is 0 Å². The fraction of sp³-hybridized carbons (Fsp3) is 0.667. The highest BCUT2D eigenvalue weighted by atomic mass is 35.5.